The molecule has 1 rings (SSSR count). The van der Waals surface area contributed by atoms with E-state index >= 15 is 0 Å². The smallest absolute Gasteiger partial charge is 0.0589 e. The minimum absolute atomic E-state index is 0.417. The fraction of sp³-hybridized carbons (Fsp3) is 1.00. The Morgan fingerprint density at radius 1 is 1.47 bits per heavy atom. The maximum absolute atomic E-state index is 5.13. The van der Waals surface area contributed by atoms with Crippen LogP contribution < -0.4 is 5.32 Å². The lowest BCUT2D eigenvalue weighted by atomic mass is 9.86. The summed E-state index contributed by atoms with van der Waals surface area (Å²) in [7, 11) is 6.05. The maximum Gasteiger partial charge on any atom is 0.0589 e. The first-order chi connectivity index (χ1) is 7.03. The lowest BCUT2D eigenvalue weighted by Crippen LogP contribution is -2.50. The standard InChI is InChI=1S/C12H26N2O/c1-12(2)7-6-10(11(12)13-3)14(4)8-9-15-5/h10-11,13H,6-9H2,1-5H3. The Labute approximate surface area is 94.2 Å². The van der Waals surface area contributed by atoms with E-state index in [2.05, 4.69) is 38.2 Å². The van der Waals surface area contributed by atoms with Crippen LogP contribution in [0.4, 0.5) is 0 Å². The van der Waals surface area contributed by atoms with Crippen LogP contribution in [0.1, 0.15) is 26.7 Å². The Kier molecular flexibility index (Phi) is 4.56. The molecule has 1 saturated carbocycles. The molecule has 1 aliphatic rings. The Hall–Kier alpha value is -0.120. The summed E-state index contributed by atoms with van der Waals surface area (Å²) >= 11 is 0. The molecule has 1 N–H and O–H groups in total. The van der Waals surface area contributed by atoms with Crippen molar-refractivity contribution in [2.45, 2.75) is 38.8 Å². The molecule has 3 heteroatoms. The zero-order valence-electron chi connectivity index (χ0n) is 10.8. The van der Waals surface area contributed by atoms with E-state index in [1.54, 1.807) is 7.11 Å². The van der Waals surface area contributed by atoms with Crippen LogP contribution in [-0.2, 0) is 4.74 Å². The van der Waals surface area contributed by atoms with Crippen molar-refractivity contribution >= 4 is 0 Å². The van der Waals surface area contributed by atoms with Gasteiger partial charge in [0, 0.05) is 25.7 Å². The van der Waals surface area contributed by atoms with Crippen LogP contribution in [0.15, 0.2) is 0 Å². The molecule has 15 heavy (non-hydrogen) atoms. The summed E-state index contributed by atoms with van der Waals surface area (Å²) in [5, 5.41) is 3.48. The molecule has 2 unspecified atom stereocenters. The van der Waals surface area contributed by atoms with Crippen LogP contribution in [0.2, 0.25) is 0 Å². The van der Waals surface area contributed by atoms with Crippen molar-refractivity contribution in [3.63, 3.8) is 0 Å². The van der Waals surface area contributed by atoms with Gasteiger partial charge >= 0.3 is 0 Å². The van der Waals surface area contributed by atoms with Gasteiger partial charge in [0.1, 0.15) is 0 Å². The zero-order valence-corrected chi connectivity index (χ0v) is 10.8. The number of ether oxygens (including phenoxy) is 1. The number of nitrogens with zero attached hydrogens (tertiary/aromatic N) is 1. The highest BCUT2D eigenvalue weighted by atomic mass is 16.5. The molecule has 2 atom stereocenters. The Bertz CT molecular complexity index is 194. The average Bonchev–Trinajstić information content (AvgIpc) is 2.49. The van der Waals surface area contributed by atoms with Crippen molar-refractivity contribution in [2.75, 3.05) is 34.4 Å². The van der Waals surface area contributed by atoms with Crippen molar-refractivity contribution in [1.29, 1.82) is 0 Å². The highest BCUT2D eigenvalue weighted by Gasteiger charge is 2.42. The SMILES string of the molecule is CNC1C(N(C)CCOC)CCC1(C)C. The summed E-state index contributed by atoms with van der Waals surface area (Å²) in [4.78, 5) is 2.43. The highest BCUT2D eigenvalue weighted by Crippen LogP contribution is 2.39. The molecular weight excluding hydrogens is 188 g/mol. The molecule has 0 aromatic rings. The van der Waals surface area contributed by atoms with E-state index in [9.17, 15) is 0 Å². The molecule has 0 bridgehead atoms. The van der Waals surface area contributed by atoms with Gasteiger partial charge in [-0.25, -0.2) is 0 Å². The molecule has 0 aromatic carbocycles. The molecule has 90 valence electrons. The average molecular weight is 214 g/mol. The van der Waals surface area contributed by atoms with E-state index in [1.165, 1.54) is 12.8 Å². The summed E-state index contributed by atoms with van der Waals surface area (Å²) < 4.78 is 5.13. The normalized spacial score (nSPS) is 30.0. The van der Waals surface area contributed by atoms with Gasteiger partial charge < -0.3 is 10.1 Å². The molecular formula is C12H26N2O. The Morgan fingerprint density at radius 3 is 2.67 bits per heavy atom. The quantitative estimate of drug-likeness (QED) is 0.747. The molecule has 0 saturated heterocycles. The van der Waals surface area contributed by atoms with E-state index in [4.69, 9.17) is 4.74 Å². The summed E-state index contributed by atoms with van der Waals surface area (Å²) in [5.74, 6) is 0. The minimum atomic E-state index is 0.417. The first kappa shape index (κ1) is 12.9. The predicted molar refractivity (Wildman–Crippen MR) is 64.2 cm³/mol. The van der Waals surface area contributed by atoms with Crippen LogP contribution in [-0.4, -0.2) is 51.3 Å². The number of hydrogen-bond acceptors (Lipinski definition) is 3. The first-order valence-electron chi connectivity index (χ1n) is 5.89. The number of methoxy groups -OCH3 is 1. The van der Waals surface area contributed by atoms with Crippen LogP contribution in [0.25, 0.3) is 0 Å². The second kappa shape index (κ2) is 5.28. The fourth-order valence-electron chi connectivity index (χ4n) is 2.82. The van der Waals surface area contributed by atoms with Gasteiger partial charge in [-0.2, -0.15) is 0 Å². The van der Waals surface area contributed by atoms with E-state index < -0.39 is 0 Å². The molecule has 1 fully saturated rings. The van der Waals surface area contributed by atoms with Gasteiger partial charge in [0.2, 0.25) is 0 Å². The second-order valence-electron chi connectivity index (χ2n) is 5.33. The van der Waals surface area contributed by atoms with Crippen molar-refractivity contribution in [3.05, 3.63) is 0 Å². The summed E-state index contributed by atoms with van der Waals surface area (Å²) in [6.07, 6.45) is 2.60. The number of nitrogens with one attached hydrogen (secondary N) is 1. The van der Waals surface area contributed by atoms with Gasteiger partial charge in [0.05, 0.1) is 6.61 Å². The second-order valence-corrected chi connectivity index (χ2v) is 5.33. The molecule has 0 amide bonds. The van der Waals surface area contributed by atoms with E-state index in [-0.39, 0.29) is 0 Å². The third-order valence-corrected chi connectivity index (χ3v) is 3.84. The lowest BCUT2D eigenvalue weighted by molar-refractivity contribution is 0.120. The van der Waals surface area contributed by atoms with Crippen LogP contribution in [0.3, 0.4) is 0 Å². The minimum Gasteiger partial charge on any atom is -0.383 e. The van der Waals surface area contributed by atoms with E-state index in [0.717, 1.165) is 13.2 Å². The van der Waals surface area contributed by atoms with Crippen molar-refractivity contribution < 1.29 is 4.74 Å². The fourth-order valence-corrected chi connectivity index (χ4v) is 2.82. The monoisotopic (exact) mass is 214 g/mol. The van der Waals surface area contributed by atoms with Gasteiger partial charge in [-0.15, -0.1) is 0 Å². The lowest BCUT2D eigenvalue weighted by Gasteiger charge is -2.35. The first-order valence-corrected chi connectivity index (χ1v) is 5.89. The molecule has 3 nitrogen and oxygen atoms in total. The number of likely N-dealkylation sites (N-methyl/N-ethyl adjacent to an activating group) is 2. The summed E-state index contributed by atoms with van der Waals surface area (Å²) in [6.45, 7) is 6.57. The summed E-state index contributed by atoms with van der Waals surface area (Å²) in [5.41, 5.74) is 0.417. The van der Waals surface area contributed by atoms with Crippen LogP contribution in [0, 0.1) is 5.41 Å². The molecule has 0 aliphatic heterocycles. The van der Waals surface area contributed by atoms with Crippen molar-refractivity contribution in [3.8, 4) is 0 Å². The molecule has 0 aromatic heterocycles. The zero-order chi connectivity index (χ0) is 11.5. The maximum atomic E-state index is 5.13. The predicted octanol–water partition coefficient (Wildman–Crippen LogP) is 1.34. The van der Waals surface area contributed by atoms with Gasteiger partial charge in [0.25, 0.3) is 0 Å². The highest BCUT2D eigenvalue weighted by molar-refractivity contribution is 4.99. The van der Waals surface area contributed by atoms with Gasteiger partial charge in [-0.3, -0.25) is 4.90 Å². The third kappa shape index (κ3) is 2.92. The van der Waals surface area contributed by atoms with E-state index in [0.29, 0.717) is 17.5 Å². The van der Waals surface area contributed by atoms with Crippen LogP contribution in [0.5, 0.6) is 0 Å². The topological polar surface area (TPSA) is 24.5 Å². The van der Waals surface area contributed by atoms with E-state index in [1.807, 2.05) is 0 Å². The van der Waals surface area contributed by atoms with Gasteiger partial charge in [0.15, 0.2) is 0 Å². The third-order valence-electron chi connectivity index (χ3n) is 3.84. The van der Waals surface area contributed by atoms with Gasteiger partial charge in [-0.05, 0) is 32.4 Å². The molecule has 0 heterocycles. The number of hydrogen-bond donors (Lipinski definition) is 1. The molecule has 0 spiro atoms. The molecule has 1 aliphatic carbocycles. The van der Waals surface area contributed by atoms with Crippen molar-refractivity contribution in [2.24, 2.45) is 5.41 Å². The summed E-state index contributed by atoms with van der Waals surface area (Å²) in [6, 6.07) is 1.25. The largest absolute Gasteiger partial charge is 0.383 e. The molecule has 0 radical (unpaired) electrons. The Morgan fingerprint density at radius 2 is 2.13 bits per heavy atom. The van der Waals surface area contributed by atoms with Crippen LogP contribution >= 0.6 is 0 Å². The van der Waals surface area contributed by atoms with Crippen molar-refractivity contribution in [1.82, 2.24) is 10.2 Å². The number of rotatable bonds is 5. The van der Waals surface area contributed by atoms with Gasteiger partial charge in [-0.1, -0.05) is 13.8 Å². The Balaban J connectivity index is 2.55.